The lowest BCUT2D eigenvalue weighted by atomic mass is 9.96. The van der Waals surface area contributed by atoms with Crippen LogP contribution in [0, 0.1) is 5.82 Å². The number of halogens is 2. The predicted octanol–water partition coefficient (Wildman–Crippen LogP) is 3.43. The number of hydrogen-bond acceptors (Lipinski definition) is 5. The van der Waals surface area contributed by atoms with Gasteiger partial charge in [-0.05, 0) is 56.0 Å². The van der Waals surface area contributed by atoms with E-state index in [1.807, 2.05) is 11.0 Å². The normalized spacial score (nSPS) is 20.6. The molecule has 2 N–H and O–H groups in total. The van der Waals surface area contributed by atoms with E-state index in [4.69, 9.17) is 14.5 Å². The zero-order chi connectivity index (χ0) is 21.3. The van der Waals surface area contributed by atoms with Crippen LogP contribution in [0.4, 0.5) is 10.2 Å². The summed E-state index contributed by atoms with van der Waals surface area (Å²) in [5, 5.41) is 6.89. The van der Waals surface area contributed by atoms with Gasteiger partial charge in [0.05, 0.1) is 6.54 Å². The molecule has 172 valence electrons. The molecule has 5 rings (SSSR count). The van der Waals surface area contributed by atoms with E-state index in [1.165, 1.54) is 11.6 Å². The third-order valence-electron chi connectivity index (χ3n) is 6.29. The van der Waals surface area contributed by atoms with Crippen molar-refractivity contribution >= 4 is 35.8 Å². The van der Waals surface area contributed by atoms with Crippen LogP contribution in [-0.2, 0) is 5.41 Å². The average molecular weight is 553 g/mol. The van der Waals surface area contributed by atoms with Gasteiger partial charge in [-0.15, -0.1) is 24.0 Å². The first-order chi connectivity index (χ1) is 15.2. The van der Waals surface area contributed by atoms with Gasteiger partial charge in [0.15, 0.2) is 29.1 Å². The molecule has 0 amide bonds. The fraction of sp³-hybridized carbons (Fsp3) is 0.478. The van der Waals surface area contributed by atoms with E-state index in [0.29, 0.717) is 25.7 Å². The number of nitrogens with one attached hydrogen (secondary N) is 2. The van der Waals surface area contributed by atoms with Crippen LogP contribution in [0.2, 0.25) is 0 Å². The van der Waals surface area contributed by atoms with Gasteiger partial charge in [0.2, 0.25) is 6.79 Å². The van der Waals surface area contributed by atoms with E-state index < -0.39 is 0 Å². The standard InChI is InChI=1S/C23H28FN5O2.HI/c1-2-25-22(28-17-7-11-29(13-17)21-18(24)4-3-10-26-21)27-14-23(8-9-23)16-5-6-19-20(12-16)31-15-30-19;/h3-6,10,12,17H,2,7-9,11,13-15H2,1H3,(H2,25,27,28);1H. The fourth-order valence-corrected chi connectivity index (χ4v) is 4.34. The van der Waals surface area contributed by atoms with Gasteiger partial charge in [-0.25, -0.2) is 9.37 Å². The van der Waals surface area contributed by atoms with Crippen molar-refractivity contribution in [1.82, 2.24) is 15.6 Å². The van der Waals surface area contributed by atoms with Gasteiger partial charge in [-0.1, -0.05) is 6.07 Å². The molecule has 2 aromatic rings. The summed E-state index contributed by atoms with van der Waals surface area (Å²) in [7, 11) is 0. The molecule has 1 aromatic carbocycles. The zero-order valence-corrected chi connectivity index (χ0v) is 20.5. The molecule has 1 aliphatic carbocycles. The number of hydrogen-bond donors (Lipinski definition) is 2. The third kappa shape index (κ3) is 4.72. The van der Waals surface area contributed by atoms with Crippen molar-refractivity contribution in [3.05, 3.63) is 47.9 Å². The predicted molar refractivity (Wildman–Crippen MR) is 133 cm³/mol. The van der Waals surface area contributed by atoms with Gasteiger partial charge in [-0.2, -0.15) is 0 Å². The van der Waals surface area contributed by atoms with Gasteiger partial charge in [0, 0.05) is 37.3 Å². The van der Waals surface area contributed by atoms with Crippen molar-refractivity contribution in [2.24, 2.45) is 4.99 Å². The number of benzene rings is 1. The molecule has 0 spiro atoms. The van der Waals surface area contributed by atoms with E-state index in [9.17, 15) is 4.39 Å². The quantitative estimate of drug-likeness (QED) is 0.325. The zero-order valence-electron chi connectivity index (χ0n) is 18.1. The second-order valence-corrected chi connectivity index (χ2v) is 8.43. The highest BCUT2D eigenvalue weighted by Gasteiger charge is 2.45. The van der Waals surface area contributed by atoms with Gasteiger partial charge in [0.25, 0.3) is 0 Å². The molecule has 1 saturated heterocycles. The van der Waals surface area contributed by atoms with Crippen LogP contribution >= 0.6 is 24.0 Å². The highest BCUT2D eigenvalue weighted by Crippen LogP contribution is 2.50. The Morgan fingerprint density at radius 2 is 2.12 bits per heavy atom. The molecule has 1 atom stereocenters. The lowest BCUT2D eigenvalue weighted by Gasteiger charge is -2.21. The molecule has 1 aromatic heterocycles. The summed E-state index contributed by atoms with van der Waals surface area (Å²) >= 11 is 0. The molecule has 0 bridgehead atoms. The minimum Gasteiger partial charge on any atom is -0.454 e. The number of aromatic nitrogens is 1. The summed E-state index contributed by atoms with van der Waals surface area (Å²) in [5.74, 6) is 2.60. The SMILES string of the molecule is CCNC(=NCC1(c2ccc3c(c2)OCO3)CC1)NC1CCN(c2ncccc2F)C1.I. The maximum atomic E-state index is 14.1. The Bertz CT molecular complexity index is 985. The molecule has 7 nitrogen and oxygen atoms in total. The smallest absolute Gasteiger partial charge is 0.231 e. The third-order valence-corrected chi connectivity index (χ3v) is 6.29. The molecular formula is C23H29FIN5O2. The Morgan fingerprint density at radius 3 is 2.91 bits per heavy atom. The maximum Gasteiger partial charge on any atom is 0.231 e. The fourth-order valence-electron chi connectivity index (χ4n) is 4.34. The summed E-state index contributed by atoms with van der Waals surface area (Å²) in [6.07, 6.45) is 4.78. The number of nitrogens with zero attached hydrogens (tertiary/aromatic N) is 3. The monoisotopic (exact) mass is 553 g/mol. The van der Waals surface area contributed by atoms with E-state index >= 15 is 0 Å². The lowest BCUT2D eigenvalue weighted by molar-refractivity contribution is 0.174. The summed E-state index contributed by atoms with van der Waals surface area (Å²) in [6.45, 7) is 5.32. The van der Waals surface area contributed by atoms with Crippen LogP contribution < -0.4 is 25.0 Å². The largest absolute Gasteiger partial charge is 0.454 e. The van der Waals surface area contributed by atoms with E-state index in [2.05, 4.69) is 34.7 Å². The van der Waals surface area contributed by atoms with Crippen molar-refractivity contribution in [3.8, 4) is 11.5 Å². The second-order valence-electron chi connectivity index (χ2n) is 8.43. The second kappa shape index (κ2) is 9.68. The number of guanidine groups is 1. The van der Waals surface area contributed by atoms with E-state index in [-0.39, 0.29) is 41.3 Å². The molecule has 2 aliphatic heterocycles. The first-order valence-corrected chi connectivity index (χ1v) is 11.0. The molecule has 2 fully saturated rings. The van der Waals surface area contributed by atoms with Crippen LogP contribution in [0.5, 0.6) is 11.5 Å². The van der Waals surface area contributed by atoms with Crippen LogP contribution in [-0.4, -0.2) is 50.0 Å². The topological polar surface area (TPSA) is 71.0 Å². The Kier molecular flexibility index (Phi) is 6.92. The van der Waals surface area contributed by atoms with Gasteiger partial charge in [0.1, 0.15) is 0 Å². The molecular weight excluding hydrogens is 524 g/mol. The van der Waals surface area contributed by atoms with Gasteiger partial charge >= 0.3 is 0 Å². The number of anilines is 1. The summed E-state index contributed by atoms with van der Waals surface area (Å²) in [5.41, 5.74) is 1.33. The first-order valence-electron chi connectivity index (χ1n) is 11.0. The molecule has 3 heterocycles. The number of fused-ring (bicyclic) bond motifs is 1. The average Bonchev–Trinajstić information content (AvgIpc) is 3.18. The van der Waals surface area contributed by atoms with Crippen LogP contribution in [0.15, 0.2) is 41.5 Å². The molecule has 1 saturated carbocycles. The summed E-state index contributed by atoms with van der Waals surface area (Å²) in [4.78, 5) is 11.1. The minimum atomic E-state index is -0.275. The lowest BCUT2D eigenvalue weighted by Crippen LogP contribution is -2.45. The molecule has 0 radical (unpaired) electrons. The van der Waals surface area contributed by atoms with E-state index in [1.54, 1.807) is 12.3 Å². The molecule has 3 aliphatic rings. The van der Waals surface area contributed by atoms with Gasteiger partial charge in [-0.3, -0.25) is 4.99 Å². The van der Waals surface area contributed by atoms with Crippen molar-refractivity contribution in [2.75, 3.05) is 37.9 Å². The molecule has 32 heavy (non-hydrogen) atoms. The Hall–Kier alpha value is -2.30. The Morgan fingerprint density at radius 1 is 1.28 bits per heavy atom. The summed E-state index contributed by atoms with van der Waals surface area (Å²) < 4.78 is 25.1. The molecule has 1 unspecified atom stereocenters. The number of pyridine rings is 1. The summed E-state index contributed by atoms with van der Waals surface area (Å²) in [6, 6.07) is 9.50. The number of rotatable bonds is 6. The Balaban J connectivity index is 0.00000245. The minimum absolute atomic E-state index is 0. The van der Waals surface area contributed by atoms with Crippen molar-refractivity contribution < 1.29 is 13.9 Å². The molecule has 9 heteroatoms. The van der Waals surface area contributed by atoms with Crippen LogP contribution in [0.1, 0.15) is 31.7 Å². The Labute approximate surface area is 204 Å². The van der Waals surface area contributed by atoms with Gasteiger partial charge < -0.3 is 25.0 Å². The highest BCUT2D eigenvalue weighted by molar-refractivity contribution is 14.0. The maximum absolute atomic E-state index is 14.1. The van der Waals surface area contributed by atoms with Crippen LogP contribution in [0.25, 0.3) is 0 Å². The first kappa shape index (κ1) is 22.9. The number of aliphatic imine (C=N–C) groups is 1. The van der Waals surface area contributed by atoms with Crippen molar-refractivity contribution in [3.63, 3.8) is 0 Å². The highest BCUT2D eigenvalue weighted by atomic mass is 127. The van der Waals surface area contributed by atoms with Crippen LogP contribution in [0.3, 0.4) is 0 Å². The van der Waals surface area contributed by atoms with Crippen molar-refractivity contribution in [2.45, 2.75) is 37.6 Å². The van der Waals surface area contributed by atoms with Crippen molar-refractivity contribution in [1.29, 1.82) is 0 Å². The number of ether oxygens (including phenoxy) is 2. The van der Waals surface area contributed by atoms with E-state index in [0.717, 1.165) is 49.8 Å².